The number of hydrogen-bond acceptors (Lipinski definition) is 4. The number of pyridine rings is 2. The fourth-order valence-electron chi connectivity index (χ4n) is 3.28. The van der Waals surface area contributed by atoms with Gasteiger partial charge in [0.2, 0.25) is 0 Å². The summed E-state index contributed by atoms with van der Waals surface area (Å²) in [5.74, 6) is 1.85. The zero-order valence-electron chi connectivity index (χ0n) is 13.8. The van der Waals surface area contributed by atoms with Gasteiger partial charge in [-0.15, -0.1) is 0 Å². The van der Waals surface area contributed by atoms with Crippen molar-refractivity contribution in [3.8, 4) is 11.3 Å². The van der Waals surface area contributed by atoms with Gasteiger partial charge < -0.3 is 9.80 Å². The molecule has 1 aliphatic carbocycles. The van der Waals surface area contributed by atoms with Crippen molar-refractivity contribution in [1.82, 2.24) is 14.9 Å². The summed E-state index contributed by atoms with van der Waals surface area (Å²) in [6, 6.07) is 8.69. The van der Waals surface area contributed by atoms with Gasteiger partial charge in [0.05, 0.1) is 5.69 Å². The Morgan fingerprint density at radius 2 is 1.91 bits per heavy atom. The Labute approximate surface area is 138 Å². The smallest absolute Gasteiger partial charge is 0.128 e. The lowest BCUT2D eigenvalue weighted by molar-refractivity contribution is 0.360. The Morgan fingerprint density at radius 3 is 2.70 bits per heavy atom. The molecule has 0 unspecified atom stereocenters. The van der Waals surface area contributed by atoms with Crippen molar-refractivity contribution in [2.75, 3.05) is 38.1 Å². The van der Waals surface area contributed by atoms with E-state index in [1.807, 2.05) is 12.4 Å². The normalized spacial score (nSPS) is 19.6. The number of rotatable bonds is 3. The minimum absolute atomic E-state index is 0.762. The van der Waals surface area contributed by atoms with Crippen LogP contribution in [0.2, 0.25) is 0 Å². The fourth-order valence-corrected chi connectivity index (χ4v) is 3.28. The molecule has 0 amide bonds. The summed E-state index contributed by atoms with van der Waals surface area (Å²) in [5, 5.41) is 0. The molecule has 1 saturated carbocycles. The largest absolute Gasteiger partial charge is 0.355 e. The lowest BCUT2D eigenvalue weighted by Gasteiger charge is -2.21. The SMILES string of the molecule is CN1CCCN(c2ccc(-c3cc(C4CC4)ccn3)cn2)CC1. The highest BCUT2D eigenvalue weighted by atomic mass is 15.2. The third-order valence-electron chi connectivity index (χ3n) is 4.92. The number of hydrogen-bond donors (Lipinski definition) is 0. The fraction of sp³-hybridized carbons (Fsp3) is 0.474. The highest BCUT2D eigenvalue weighted by Gasteiger charge is 2.23. The zero-order chi connectivity index (χ0) is 15.6. The van der Waals surface area contributed by atoms with Crippen LogP contribution in [-0.4, -0.2) is 48.1 Å². The third kappa shape index (κ3) is 3.37. The first-order valence-electron chi connectivity index (χ1n) is 8.65. The summed E-state index contributed by atoms with van der Waals surface area (Å²) in [6.07, 6.45) is 7.75. The van der Waals surface area contributed by atoms with Crippen LogP contribution in [0.4, 0.5) is 5.82 Å². The van der Waals surface area contributed by atoms with E-state index < -0.39 is 0 Å². The van der Waals surface area contributed by atoms with Crippen molar-refractivity contribution < 1.29 is 0 Å². The van der Waals surface area contributed by atoms with Gasteiger partial charge in [-0.3, -0.25) is 4.98 Å². The molecule has 0 radical (unpaired) electrons. The van der Waals surface area contributed by atoms with E-state index in [0.29, 0.717) is 0 Å². The van der Waals surface area contributed by atoms with Crippen molar-refractivity contribution in [3.05, 3.63) is 42.2 Å². The van der Waals surface area contributed by atoms with E-state index >= 15 is 0 Å². The van der Waals surface area contributed by atoms with E-state index in [0.717, 1.165) is 42.6 Å². The number of nitrogens with zero attached hydrogens (tertiary/aromatic N) is 4. The summed E-state index contributed by atoms with van der Waals surface area (Å²) < 4.78 is 0. The number of anilines is 1. The van der Waals surface area contributed by atoms with E-state index in [2.05, 4.69) is 46.1 Å². The van der Waals surface area contributed by atoms with Gasteiger partial charge in [0, 0.05) is 37.6 Å². The van der Waals surface area contributed by atoms with Crippen molar-refractivity contribution in [3.63, 3.8) is 0 Å². The first-order valence-corrected chi connectivity index (χ1v) is 8.65. The molecule has 1 aliphatic heterocycles. The summed E-state index contributed by atoms with van der Waals surface area (Å²) in [4.78, 5) is 14.0. The second kappa shape index (κ2) is 6.28. The summed E-state index contributed by atoms with van der Waals surface area (Å²) in [5.41, 5.74) is 3.59. The summed E-state index contributed by atoms with van der Waals surface area (Å²) >= 11 is 0. The minimum atomic E-state index is 0.762. The third-order valence-corrected chi connectivity index (χ3v) is 4.92. The second-order valence-corrected chi connectivity index (χ2v) is 6.80. The van der Waals surface area contributed by atoms with Gasteiger partial charge in [0.25, 0.3) is 0 Å². The van der Waals surface area contributed by atoms with Crippen LogP contribution in [-0.2, 0) is 0 Å². The van der Waals surface area contributed by atoms with E-state index in [-0.39, 0.29) is 0 Å². The Balaban J connectivity index is 1.52. The molecule has 0 spiro atoms. The highest BCUT2D eigenvalue weighted by Crippen LogP contribution is 2.40. The highest BCUT2D eigenvalue weighted by molar-refractivity contribution is 5.61. The van der Waals surface area contributed by atoms with Gasteiger partial charge in [0.1, 0.15) is 5.82 Å². The van der Waals surface area contributed by atoms with Crippen LogP contribution in [0.15, 0.2) is 36.7 Å². The maximum atomic E-state index is 4.70. The lowest BCUT2D eigenvalue weighted by Crippen LogP contribution is -2.29. The molecule has 1 saturated heterocycles. The molecule has 120 valence electrons. The Bertz CT molecular complexity index is 663. The van der Waals surface area contributed by atoms with E-state index in [1.54, 1.807) is 0 Å². The molecule has 2 aromatic rings. The van der Waals surface area contributed by atoms with E-state index in [4.69, 9.17) is 4.98 Å². The monoisotopic (exact) mass is 308 g/mol. The van der Waals surface area contributed by atoms with E-state index in [1.165, 1.54) is 31.4 Å². The van der Waals surface area contributed by atoms with Crippen LogP contribution in [0.25, 0.3) is 11.3 Å². The van der Waals surface area contributed by atoms with Crippen LogP contribution in [0.1, 0.15) is 30.7 Å². The quantitative estimate of drug-likeness (QED) is 0.872. The summed E-state index contributed by atoms with van der Waals surface area (Å²) in [6.45, 7) is 4.42. The average molecular weight is 308 g/mol. The zero-order valence-corrected chi connectivity index (χ0v) is 13.8. The van der Waals surface area contributed by atoms with Crippen LogP contribution in [0, 0.1) is 0 Å². The second-order valence-electron chi connectivity index (χ2n) is 6.80. The first-order chi connectivity index (χ1) is 11.3. The van der Waals surface area contributed by atoms with Crippen LogP contribution >= 0.6 is 0 Å². The molecular formula is C19H24N4. The van der Waals surface area contributed by atoms with Gasteiger partial charge >= 0.3 is 0 Å². The molecule has 2 aliphatic rings. The molecule has 0 atom stereocenters. The summed E-state index contributed by atoms with van der Waals surface area (Å²) in [7, 11) is 2.19. The first kappa shape index (κ1) is 14.6. The molecule has 0 aromatic carbocycles. The van der Waals surface area contributed by atoms with Crippen LogP contribution < -0.4 is 4.90 Å². The average Bonchev–Trinajstić information content (AvgIpc) is 3.43. The maximum absolute atomic E-state index is 4.70. The predicted octanol–water partition coefficient (Wildman–Crippen LogP) is 3.16. The maximum Gasteiger partial charge on any atom is 0.128 e. The lowest BCUT2D eigenvalue weighted by atomic mass is 10.1. The molecule has 2 aromatic heterocycles. The minimum Gasteiger partial charge on any atom is -0.355 e. The predicted molar refractivity (Wildman–Crippen MR) is 93.8 cm³/mol. The number of aromatic nitrogens is 2. The molecular weight excluding hydrogens is 284 g/mol. The molecule has 23 heavy (non-hydrogen) atoms. The molecule has 0 N–H and O–H groups in total. The van der Waals surface area contributed by atoms with Crippen molar-refractivity contribution in [2.45, 2.75) is 25.2 Å². The van der Waals surface area contributed by atoms with Gasteiger partial charge in [0.15, 0.2) is 0 Å². The van der Waals surface area contributed by atoms with Crippen molar-refractivity contribution >= 4 is 5.82 Å². The molecule has 3 heterocycles. The van der Waals surface area contributed by atoms with E-state index in [9.17, 15) is 0 Å². The van der Waals surface area contributed by atoms with Gasteiger partial charge in [-0.25, -0.2) is 4.98 Å². The Hall–Kier alpha value is -1.94. The van der Waals surface area contributed by atoms with Crippen LogP contribution in [0.3, 0.4) is 0 Å². The topological polar surface area (TPSA) is 32.3 Å². The Kier molecular flexibility index (Phi) is 4.00. The molecule has 4 nitrogen and oxygen atoms in total. The van der Waals surface area contributed by atoms with Crippen LogP contribution in [0.5, 0.6) is 0 Å². The Morgan fingerprint density at radius 1 is 1.00 bits per heavy atom. The molecule has 4 heteroatoms. The van der Waals surface area contributed by atoms with Gasteiger partial charge in [-0.2, -0.15) is 0 Å². The van der Waals surface area contributed by atoms with Crippen molar-refractivity contribution in [1.29, 1.82) is 0 Å². The molecule has 0 bridgehead atoms. The molecule has 4 rings (SSSR count). The number of likely N-dealkylation sites (N-methyl/N-ethyl adjacent to an activating group) is 1. The van der Waals surface area contributed by atoms with Crippen molar-refractivity contribution in [2.24, 2.45) is 0 Å². The standard InChI is InChI=1S/C19H24N4/c1-22-9-2-10-23(12-11-22)19-6-5-17(14-21-19)18-13-16(7-8-20-18)15-3-4-15/h5-8,13-15H,2-4,9-12H2,1H3. The van der Waals surface area contributed by atoms with Gasteiger partial charge in [-0.1, -0.05) is 0 Å². The molecule has 2 fully saturated rings. The van der Waals surface area contributed by atoms with Gasteiger partial charge in [-0.05, 0) is 68.6 Å².